The van der Waals surface area contributed by atoms with E-state index in [-0.39, 0.29) is 17.7 Å². The second-order valence-corrected chi connectivity index (χ2v) is 7.53. The third-order valence-electron chi connectivity index (χ3n) is 5.42. The average molecular weight is 383 g/mol. The molecule has 5 nitrogen and oxygen atoms in total. The molecule has 3 atom stereocenters. The Balaban J connectivity index is 1.56. The van der Waals surface area contributed by atoms with Gasteiger partial charge >= 0.3 is 0 Å². The van der Waals surface area contributed by atoms with Gasteiger partial charge in [0.15, 0.2) is 0 Å². The summed E-state index contributed by atoms with van der Waals surface area (Å²) in [5.74, 6) is -1.84. The lowest BCUT2D eigenvalue weighted by molar-refractivity contribution is -0.146. The molecule has 0 radical (unpaired) electrons. The van der Waals surface area contributed by atoms with Crippen LogP contribution in [0.25, 0.3) is 10.8 Å². The largest absolute Gasteiger partial charge is 0.324 e. The Hall–Kier alpha value is -2.66. The highest BCUT2D eigenvalue weighted by Crippen LogP contribution is 2.39. The number of imide groups is 1. The maximum absolute atomic E-state index is 12.8. The van der Waals surface area contributed by atoms with Crippen molar-refractivity contribution in [2.75, 3.05) is 5.32 Å². The van der Waals surface area contributed by atoms with Crippen LogP contribution in [0.4, 0.5) is 5.69 Å². The van der Waals surface area contributed by atoms with Crippen LogP contribution >= 0.6 is 11.6 Å². The van der Waals surface area contributed by atoms with Crippen molar-refractivity contribution in [3.8, 4) is 0 Å². The van der Waals surface area contributed by atoms with Gasteiger partial charge in [-0.15, -0.1) is 0 Å². The highest BCUT2D eigenvalue weighted by atomic mass is 35.5. The lowest BCUT2D eigenvalue weighted by Crippen LogP contribution is -2.46. The molecule has 6 heteroatoms. The van der Waals surface area contributed by atoms with E-state index in [9.17, 15) is 14.4 Å². The van der Waals surface area contributed by atoms with E-state index in [0.717, 1.165) is 15.7 Å². The molecule has 3 unspecified atom stereocenters. The smallest absolute Gasteiger partial charge is 0.247 e. The lowest BCUT2D eigenvalue weighted by atomic mass is 9.85. The van der Waals surface area contributed by atoms with Crippen molar-refractivity contribution in [1.82, 2.24) is 4.90 Å². The molecule has 0 aromatic heterocycles. The SMILES string of the molecule is CC(C(=O)Nc1cccc2ccccc12)N1C(=O)C2CC=C(Cl)CC2C1=O. The summed E-state index contributed by atoms with van der Waals surface area (Å²) in [5, 5.41) is 5.38. The van der Waals surface area contributed by atoms with E-state index in [1.807, 2.05) is 42.5 Å². The van der Waals surface area contributed by atoms with Crippen LogP contribution < -0.4 is 5.32 Å². The highest BCUT2D eigenvalue weighted by Gasteiger charge is 2.51. The highest BCUT2D eigenvalue weighted by molar-refractivity contribution is 6.30. The Morgan fingerprint density at radius 1 is 1.11 bits per heavy atom. The molecule has 0 saturated carbocycles. The average Bonchev–Trinajstić information content (AvgIpc) is 2.91. The number of allylic oxidation sites excluding steroid dienone is 2. The quantitative estimate of drug-likeness (QED) is 0.823. The molecule has 1 fully saturated rings. The number of benzene rings is 2. The number of anilines is 1. The molecular formula is C21H19ClN2O3. The summed E-state index contributed by atoms with van der Waals surface area (Å²) in [6.45, 7) is 1.59. The zero-order valence-corrected chi connectivity index (χ0v) is 15.6. The molecule has 27 heavy (non-hydrogen) atoms. The fourth-order valence-electron chi connectivity index (χ4n) is 3.92. The first-order valence-electron chi connectivity index (χ1n) is 8.97. The third-order valence-corrected chi connectivity index (χ3v) is 5.73. The standard InChI is InChI=1S/C21H19ClN2O3/c1-12(24-20(26)16-10-9-14(22)11-17(16)21(24)27)19(25)23-18-8-4-6-13-5-2-3-7-15(13)18/h2-9,12,16-17H,10-11H2,1H3,(H,23,25). The van der Waals surface area contributed by atoms with Crippen LogP contribution in [0.1, 0.15) is 19.8 Å². The van der Waals surface area contributed by atoms with Gasteiger partial charge in [0.05, 0.1) is 11.8 Å². The first-order valence-corrected chi connectivity index (χ1v) is 9.35. The molecule has 0 bridgehead atoms. The van der Waals surface area contributed by atoms with Crippen LogP contribution in [0.3, 0.4) is 0 Å². The summed E-state index contributed by atoms with van der Waals surface area (Å²) in [6.07, 6.45) is 2.60. The first-order chi connectivity index (χ1) is 13.0. The third kappa shape index (κ3) is 3.02. The minimum absolute atomic E-state index is 0.286. The van der Waals surface area contributed by atoms with Gasteiger partial charge in [-0.25, -0.2) is 0 Å². The van der Waals surface area contributed by atoms with Crippen molar-refractivity contribution in [3.63, 3.8) is 0 Å². The van der Waals surface area contributed by atoms with Crippen molar-refractivity contribution in [2.24, 2.45) is 11.8 Å². The predicted molar refractivity (Wildman–Crippen MR) is 104 cm³/mol. The lowest BCUT2D eigenvalue weighted by Gasteiger charge is -2.22. The molecule has 4 rings (SSSR count). The maximum Gasteiger partial charge on any atom is 0.247 e. The summed E-state index contributed by atoms with van der Waals surface area (Å²) < 4.78 is 0. The van der Waals surface area contributed by atoms with Gasteiger partial charge in [-0.05, 0) is 31.2 Å². The Morgan fingerprint density at radius 3 is 2.63 bits per heavy atom. The molecule has 1 heterocycles. The number of hydrogen-bond donors (Lipinski definition) is 1. The number of fused-ring (bicyclic) bond motifs is 2. The fraction of sp³-hybridized carbons (Fsp3) is 0.286. The van der Waals surface area contributed by atoms with E-state index in [0.29, 0.717) is 23.6 Å². The van der Waals surface area contributed by atoms with Crippen molar-refractivity contribution in [1.29, 1.82) is 0 Å². The molecule has 0 spiro atoms. The summed E-state index contributed by atoms with van der Waals surface area (Å²) in [5.41, 5.74) is 0.658. The minimum atomic E-state index is -0.881. The summed E-state index contributed by atoms with van der Waals surface area (Å²) in [7, 11) is 0. The summed E-state index contributed by atoms with van der Waals surface area (Å²) in [4.78, 5) is 39.4. The predicted octanol–water partition coefficient (Wildman–Crippen LogP) is 3.68. The number of nitrogens with one attached hydrogen (secondary N) is 1. The molecule has 2 aliphatic rings. The monoisotopic (exact) mass is 382 g/mol. The van der Waals surface area contributed by atoms with E-state index < -0.39 is 17.9 Å². The molecule has 2 aromatic rings. The van der Waals surface area contributed by atoms with E-state index in [2.05, 4.69) is 5.32 Å². The van der Waals surface area contributed by atoms with Crippen molar-refractivity contribution < 1.29 is 14.4 Å². The van der Waals surface area contributed by atoms with Gasteiger partial charge in [-0.1, -0.05) is 54.1 Å². The molecule has 3 amide bonds. The Labute approximate surface area is 162 Å². The van der Waals surface area contributed by atoms with Crippen molar-refractivity contribution in [2.45, 2.75) is 25.8 Å². The number of nitrogens with zero attached hydrogens (tertiary/aromatic N) is 1. The number of rotatable bonds is 3. The van der Waals surface area contributed by atoms with E-state index in [4.69, 9.17) is 11.6 Å². The fourth-order valence-corrected chi connectivity index (χ4v) is 4.18. The van der Waals surface area contributed by atoms with Gasteiger partial charge < -0.3 is 5.32 Å². The molecular weight excluding hydrogens is 364 g/mol. The van der Waals surface area contributed by atoms with Crippen LogP contribution in [0, 0.1) is 11.8 Å². The second kappa shape index (κ2) is 6.82. The van der Waals surface area contributed by atoms with Crippen LogP contribution in [0.2, 0.25) is 0 Å². The minimum Gasteiger partial charge on any atom is -0.324 e. The van der Waals surface area contributed by atoms with Crippen LogP contribution in [0.5, 0.6) is 0 Å². The zero-order chi connectivity index (χ0) is 19.1. The summed E-state index contributed by atoms with van der Waals surface area (Å²) >= 11 is 6.05. The van der Waals surface area contributed by atoms with Crippen LogP contribution in [-0.4, -0.2) is 28.7 Å². The van der Waals surface area contributed by atoms with Gasteiger partial charge in [0.1, 0.15) is 6.04 Å². The molecule has 1 aliphatic heterocycles. The van der Waals surface area contributed by atoms with Gasteiger partial charge in [0, 0.05) is 16.1 Å². The van der Waals surface area contributed by atoms with Crippen molar-refractivity contribution >= 4 is 45.8 Å². The summed E-state index contributed by atoms with van der Waals surface area (Å²) in [6, 6.07) is 12.5. The number of halogens is 1. The molecule has 2 aromatic carbocycles. The molecule has 1 saturated heterocycles. The Bertz CT molecular complexity index is 979. The number of carbonyl (C=O) groups excluding carboxylic acids is 3. The first kappa shape index (κ1) is 17.7. The number of likely N-dealkylation sites (tertiary alicyclic amines) is 1. The molecule has 1 N–H and O–H groups in total. The Kier molecular flexibility index (Phi) is 4.48. The number of hydrogen-bond acceptors (Lipinski definition) is 3. The zero-order valence-electron chi connectivity index (χ0n) is 14.8. The molecule has 138 valence electrons. The van der Waals surface area contributed by atoms with Gasteiger partial charge in [0.25, 0.3) is 0 Å². The number of amides is 3. The number of carbonyl (C=O) groups is 3. The van der Waals surface area contributed by atoms with Gasteiger partial charge in [0.2, 0.25) is 17.7 Å². The van der Waals surface area contributed by atoms with Crippen molar-refractivity contribution in [3.05, 3.63) is 53.6 Å². The van der Waals surface area contributed by atoms with Gasteiger partial charge in [-0.3, -0.25) is 19.3 Å². The van der Waals surface area contributed by atoms with Crippen LogP contribution in [-0.2, 0) is 14.4 Å². The van der Waals surface area contributed by atoms with E-state index in [1.54, 1.807) is 13.0 Å². The topological polar surface area (TPSA) is 66.5 Å². The van der Waals surface area contributed by atoms with Gasteiger partial charge in [-0.2, -0.15) is 0 Å². The van der Waals surface area contributed by atoms with E-state index >= 15 is 0 Å². The normalized spacial score (nSPS) is 23.2. The Morgan fingerprint density at radius 2 is 1.81 bits per heavy atom. The molecule has 1 aliphatic carbocycles. The van der Waals surface area contributed by atoms with E-state index in [1.165, 1.54) is 0 Å². The maximum atomic E-state index is 12.8. The van der Waals surface area contributed by atoms with Crippen LogP contribution in [0.15, 0.2) is 53.6 Å². The second-order valence-electron chi connectivity index (χ2n) is 7.04.